The average Bonchev–Trinajstić information content (AvgIpc) is 2.76. The molecule has 6 nitrogen and oxygen atoms in total. The number of hydrazine groups is 1. The lowest BCUT2D eigenvalue weighted by Gasteiger charge is -2.10. The molecule has 86 valence electrons. The van der Waals surface area contributed by atoms with E-state index in [-0.39, 0.29) is 5.56 Å². The SMILES string of the molecule is COCCn1c(NN)nc2ccsc2c1=O. The predicted molar refractivity (Wildman–Crippen MR) is 63.6 cm³/mol. The van der Waals surface area contributed by atoms with Gasteiger partial charge in [0.15, 0.2) is 0 Å². The number of rotatable bonds is 4. The Bertz CT molecular complexity index is 548. The van der Waals surface area contributed by atoms with Crippen LogP contribution < -0.4 is 16.8 Å². The number of methoxy groups -OCH3 is 1. The first-order valence-electron chi connectivity index (χ1n) is 4.71. The van der Waals surface area contributed by atoms with Crippen molar-refractivity contribution in [3.05, 3.63) is 21.8 Å². The topological polar surface area (TPSA) is 82.2 Å². The van der Waals surface area contributed by atoms with Gasteiger partial charge in [0, 0.05) is 7.11 Å². The van der Waals surface area contributed by atoms with Crippen molar-refractivity contribution in [1.82, 2.24) is 9.55 Å². The van der Waals surface area contributed by atoms with Gasteiger partial charge in [0.25, 0.3) is 5.56 Å². The highest BCUT2D eigenvalue weighted by atomic mass is 32.1. The molecule has 0 saturated heterocycles. The molecule has 0 aliphatic rings. The zero-order valence-corrected chi connectivity index (χ0v) is 9.58. The molecule has 0 radical (unpaired) electrons. The van der Waals surface area contributed by atoms with Crippen molar-refractivity contribution in [1.29, 1.82) is 0 Å². The van der Waals surface area contributed by atoms with E-state index in [9.17, 15) is 4.79 Å². The molecule has 0 spiro atoms. The van der Waals surface area contributed by atoms with Crippen LogP contribution in [0.15, 0.2) is 16.2 Å². The molecule has 0 aromatic carbocycles. The van der Waals surface area contributed by atoms with Crippen molar-refractivity contribution >= 4 is 27.5 Å². The summed E-state index contributed by atoms with van der Waals surface area (Å²) in [5, 5.41) is 1.83. The van der Waals surface area contributed by atoms with Crippen molar-refractivity contribution in [2.75, 3.05) is 19.1 Å². The average molecular weight is 240 g/mol. The number of nitrogens with one attached hydrogen (secondary N) is 1. The fourth-order valence-corrected chi connectivity index (χ4v) is 2.22. The minimum Gasteiger partial charge on any atom is -0.383 e. The molecule has 3 N–H and O–H groups in total. The van der Waals surface area contributed by atoms with Crippen LogP contribution in [0.4, 0.5) is 5.95 Å². The van der Waals surface area contributed by atoms with Gasteiger partial charge in [-0.2, -0.15) is 0 Å². The standard InChI is InChI=1S/C9H12N4O2S/c1-15-4-3-13-8(14)7-6(2-5-16-7)11-9(13)12-10/h2,5H,3-4,10H2,1H3,(H,11,12). The van der Waals surface area contributed by atoms with E-state index in [1.807, 2.05) is 5.38 Å². The van der Waals surface area contributed by atoms with Crippen LogP contribution in [0.5, 0.6) is 0 Å². The van der Waals surface area contributed by atoms with Crippen LogP contribution in [0.1, 0.15) is 0 Å². The maximum atomic E-state index is 12.1. The van der Waals surface area contributed by atoms with Gasteiger partial charge in [-0.3, -0.25) is 14.8 Å². The molecule has 0 atom stereocenters. The van der Waals surface area contributed by atoms with Crippen molar-refractivity contribution in [3.8, 4) is 0 Å². The number of hydrogen-bond donors (Lipinski definition) is 2. The van der Waals surface area contributed by atoms with Crippen LogP contribution in [0.2, 0.25) is 0 Å². The number of fused-ring (bicyclic) bond motifs is 1. The quantitative estimate of drug-likeness (QED) is 0.596. The number of aromatic nitrogens is 2. The lowest BCUT2D eigenvalue weighted by atomic mass is 10.4. The second-order valence-corrected chi connectivity index (χ2v) is 4.08. The highest BCUT2D eigenvalue weighted by molar-refractivity contribution is 7.17. The van der Waals surface area contributed by atoms with Crippen LogP contribution in [0.3, 0.4) is 0 Å². The van der Waals surface area contributed by atoms with Gasteiger partial charge in [0.1, 0.15) is 4.70 Å². The summed E-state index contributed by atoms with van der Waals surface area (Å²) in [6.07, 6.45) is 0. The van der Waals surface area contributed by atoms with E-state index < -0.39 is 0 Å². The fraction of sp³-hybridized carbons (Fsp3) is 0.333. The Morgan fingerprint density at radius 1 is 1.69 bits per heavy atom. The zero-order chi connectivity index (χ0) is 11.5. The van der Waals surface area contributed by atoms with Crippen LogP contribution >= 0.6 is 11.3 Å². The summed E-state index contributed by atoms with van der Waals surface area (Å²) in [6.45, 7) is 0.864. The lowest BCUT2D eigenvalue weighted by molar-refractivity contribution is 0.186. The van der Waals surface area contributed by atoms with Crippen molar-refractivity contribution in [2.24, 2.45) is 5.84 Å². The molecule has 0 amide bonds. The van der Waals surface area contributed by atoms with Gasteiger partial charge >= 0.3 is 0 Å². The van der Waals surface area contributed by atoms with Gasteiger partial charge in [0.05, 0.1) is 18.7 Å². The first kappa shape index (κ1) is 11.1. The molecule has 2 heterocycles. The zero-order valence-electron chi connectivity index (χ0n) is 8.77. The summed E-state index contributed by atoms with van der Waals surface area (Å²) in [6, 6.07) is 1.79. The maximum absolute atomic E-state index is 12.1. The third-order valence-electron chi connectivity index (χ3n) is 2.21. The Balaban J connectivity index is 2.58. The highest BCUT2D eigenvalue weighted by Gasteiger charge is 2.10. The first-order valence-corrected chi connectivity index (χ1v) is 5.59. The molecule has 0 bridgehead atoms. The highest BCUT2D eigenvalue weighted by Crippen LogP contribution is 2.16. The largest absolute Gasteiger partial charge is 0.383 e. The molecule has 2 aromatic rings. The van der Waals surface area contributed by atoms with E-state index in [1.165, 1.54) is 15.9 Å². The summed E-state index contributed by atoms with van der Waals surface area (Å²) in [7, 11) is 1.58. The smallest absolute Gasteiger partial charge is 0.272 e. The minimum atomic E-state index is -0.0926. The normalized spacial score (nSPS) is 10.9. The summed E-state index contributed by atoms with van der Waals surface area (Å²) in [5.74, 6) is 5.70. The third kappa shape index (κ3) is 1.80. The third-order valence-corrected chi connectivity index (χ3v) is 3.11. The number of nitrogen functional groups attached to an aromatic ring is 1. The summed E-state index contributed by atoms with van der Waals surface area (Å²) < 4.78 is 7.05. The summed E-state index contributed by atoms with van der Waals surface area (Å²) >= 11 is 1.38. The number of anilines is 1. The molecule has 0 fully saturated rings. The summed E-state index contributed by atoms with van der Waals surface area (Å²) in [5.41, 5.74) is 3.00. The Morgan fingerprint density at radius 2 is 2.50 bits per heavy atom. The lowest BCUT2D eigenvalue weighted by Crippen LogP contribution is -2.28. The number of hydrogen-bond acceptors (Lipinski definition) is 6. The minimum absolute atomic E-state index is 0.0926. The monoisotopic (exact) mass is 240 g/mol. The van der Waals surface area contributed by atoms with E-state index >= 15 is 0 Å². The van der Waals surface area contributed by atoms with Gasteiger partial charge in [-0.25, -0.2) is 10.8 Å². The molecule has 0 unspecified atom stereocenters. The number of thiophene rings is 1. The molecule has 16 heavy (non-hydrogen) atoms. The molecule has 0 saturated carbocycles. The van der Waals surface area contributed by atoms with Crippen molar-refractivity contribution in [3.63, 3.8) is 0 Å². The predicted octanol–water partition coefficient (Wildman–Crippen LogP) is 0.390. The van der Waals surface area contributed by atoms with Crippen molar-refractivity contribution < 1.29 is 4.74 Å². The Kier molecular flexibility index (Phi) is 3.18. The van der Waals surface area contributed by atoms with E-state index in [2.05, 4.69) is 10.4 Å². The van der Waals surface area contributed by atoms with Crippen LogP contribution in [-0.4, -0.2) is 23.3 Å². The fourth-order valence-electron chi connectivity index (χ4n) is 1.44. The number of ether oxygens (including phenoxy) is 1. The molecule has 2 aromatic heterocycles. The van der Waals surface area contributed by atoms with Gasteiger partial charge in [-0.1, -0.05) is 0 Å². The van der Waals surface area contributed by atoms with Crippen LogP contribution in [0.25, 0.3) is 10.2 Å². The number of nitrogens with two attached hydrogens (primary N) is 1. The van der Waals surface area contributed by atoms with Gasteiger partial charge < -0.3 is 4.74 Å². The molecule has 0 aliphatic heterocycles. The van der Waals surface area contributed by atoms with E-state index in [0.29, 0.717) is 29.3 Å². The Morgan fingerprint density at radius 3 is 3.19 bits per heavy atom. The van der Waals surface area contributed by atoms with Gasteiger partial charge in [-0.05, 0) is 11.4 Å². The molecular formula is C9H12N4O2S. The Labute approximate surface area is 95.6 Å². The second kappa shape index (κ2) is 4.60. The number of nitrogens with zero attached hydrogens (tertiary/aromatic N) is 2. The molecule has 2 rings (SSSR count). The van der Waals surface area contributed by atoms with Gasteiger partial charge in [-0.15, -0.1) is 11.3 Å². The van der Waals surface area contributed by atoms with Gasteiger partial charge in [0.2, 0.25) is 5.95 Å². The summed E-state index contributed by atoms with van der Waals surface area (Å²) in [4.78, 5) is 16.3. The molecular weight excluding hydrogens is 228 g/mol. The van der Waals surface area contributed by atoms with Crippen LogP contribution in [-0.2, 0) is 11.3 Å². The Hall–Kier alpha value is -1.44. The van der Waals surface area contributed by atoms with E-state index in [0.717, 1.165) is 0 Å². The first-order chi connectivity index (χ1) is 7.77. The second-order valence-electron chi connectivity index (χ2n) is 3.16. The molecule has 0 aliphatic carbocycles. The van der Waals surface area contributed by atoms with E-state index in [1.54, 1.807) is 13.2 Å². The maximum Gasteiger partial charge on any atom is 0.272 e. The molecule has 7 heteroatoms. The van der Waals surface area contributed by atoms with E-state index in [4.69, 9.17) is 10.6 Å². The van der Waals surface area contributed by atoms with Crippen LogP contribution in [0, 0.1) is 0 Å². The van der Waals surface area contributed by atoms with Crippen molar-refractivity contribution in [2.45, 2.75) is 6.54 Å².